The van der Waals surface area contributed by atoms with Gasteiger partial charge in [-0.3, -0.25) is 13.9 Å². The lowest BCUT2D eigenvalue weighted by atomic mass is 10.0. The number of rotatable bonds is 10. The smallest absolute Gasteiger partial charge is 0.244 e. The predicted octanol–water partition coefficient (Wildman–Crippen LogP) is 6.73. The molecule has 0 bridgehead atoms. The van der Waals surface area contributed by atoms with Gasteiger partial charge in [-0.2, -0.15) is 0 Å². The van der Waals surface area contributed by atoms with E-state index < -0.39 is 34.1 Å². The summed E-state index contributed by atoms with van der Waals surface area (Å²) in [6.45, 7) is 4.98. The summed E-state index contributed by atoms with van der Waals surface area (Å²) >= 11 is 22.0. The van der Waals surface area contributed by atoms with Gasteiger partial charge in [0.2, 0.25) is 21.8 Å². The molecule has 1 atom stereocenters. The lowest BCUT2D eigenvalue weighted by Crippen LogP contribution is -2.56. The first-order valence-corrected chi connectivity index (χ1v) is 16.3. The summed E-state index contributed by atoms with van der Waals surface area (Å²) in [5.41, 5.74) is 1.01. The van der Waals surface area contributed by atoms with Gasteiger partial charge in [0.25, 0.3) is 0 Å². The molecule has 0 spiro atoms. The van der Waals surface area contributed by atoms with Crippen molar-refractivity contribution in [2.75, 3.05) is 17.1 Å². The summed E-state index contributed by atoms with van der Waals surface area (Å²) in [6.07, 6.45) is 1.17. The summed E-state index contributed by atoms with van der Waals surface area (Å²) in [5, 5.41) is 3.20. The molecule has 0 fully saturated rings. The Bertz CT molecular complexity index is 1500. The Morgan fingerprint density at radius 2 is 1.49 bits per heavy atom. The summed E-state index contributed by atoms with van der Waals surface area (Å²) in [7, 11) is -4.02. The number of carbonyl (C=O) groups is 2. The fourth-order valence-corrected chi connectivity index (χ4v) is 5.90. The first-order chi connectivity index (χ1) is 19.0. The molecule has 7 nitrogen and oxygen atoms in total. The van der Waals surface area contributed by atoms with Crippen LogP contribution in [0.1, 0.15) is 31.9 Å². The second kappa shape index (κ2) is 13.8. The number of amides is 2. The maximum absolute atomic E-state index is 14.1. The van der Waals surface area contributed by atoms with Crippen LogP contribution in [0.4, 0.5) is 5.69 Å². The molecular weight excluding hydrogens is 673 g/mol. The zero-order valence-corrected chi connectivity index (χ0v) is 27.7. The minimum absolute atomic E-state index is 0.000684. The van der Waals surface area contributed by atoms with E-state index in [9.17, 15) is 18.0 Å². The highest BCUT2D eigenvalue weighted by molar-refractivity contribution is 9.10. The Labute approximate surface area is 264 Å². The van der Waals surface area contributed by atoms with E-state index in [1.165, 1.54) is 17.0 Å². The molecule has 0 radical (unpaired) electrons. The molecule has 220 valence electrons. The molecule has 0 aliphatic heterocycles. The number of sulfonamides is 1. The molecule has 0 unspecified atom stereocenters. The molecule has 3 aromatic rings. The molecule has 3 rings (SSSR count). The van der Waals surface area contributed by atoms with E-state index in [2.05, 4.69) is 21.2 Å². The van der Waals surface area contributed by atoms with E-state index in [-0.39, 0.29) is 39.6 Å². The van der Waals surface area contributed by atoms with Gasteiger partial charge in [0.05, 0.1) is 27.0 Å². The minimum Gasteiger partial charge on any atom is -0.350 e. The number of hydrogen-bond acceptors (Lipinski definition) is 4. The van der Waals surface area contributed by atoms with E-state index in [1.54, 1.807) is 0 Å². The molecule has 0 aliphatic carbocycles. The lowest BCUT2D eigenvalue weighted by molar-refractivity contribution is -0.140. The van der Waals surface area contributed by atoms with E-state index in [4.69, 9.17) is 34.8 Å². The van der Waals surface area contributed by atoms with E-state index in [0.29, 0.717) is 0 Å². The van der Waals surface area contributed by atoms with Crippen LogP contribution >= 0.6 is 50.7 Å². The van der Waals surface area contributed by atoms with Crippen molar-refractivity contribution in [3.63, 3.8) is 0 Å². The number of benzene rings is 3. The summed E-state index contributed by atoms with van der Waals surface area (Å²) in [6, 6.07) is 18.3. The average Bonchev–Trinajstić information content (AvgIpc) is 2.87. The van der Waals surface area contributed by atoms with E-state index in [1.807, 2.05) is 75.4 Å². The van der Waals surface area contributed by atoms with Gasteiger partial charge in [0.1, 0.15) is 12.6 Å². The average molecular weight is 704 g/mol. The number of anilines is 1. The van der Waals surface area contributed by atoms with Crippen LogP contribution in [0.5, 0.6) is 0 Å². The Balaban J connectivity index is 2.11. The Morgan fingerprint density at radius 1 is 0.902 bits per heavy atom. The molecule has 0 aliphatic rings. The van der Waals surface area contributed by atoms with Crippen molar-refractivity contribution in [1.29, 1.82) is 0 Å². The lowest BCUT2D eigenvalue weighted by Gasteiger charge is -2.35. The van der Waals surface area contributed by atoms with Gasteiger partial charge in [-0.1, -0.05) is 93.2 Å². The third-order valence-electron chi connectivity index (χ3n) is 5.97. The van der Waals surface area contributed by atoms with E-state index >= 15 is 0 Å². The summed E-state index contributed by atoms with van der Waals surface area (Å²) < 4.78 is 27.6. The molecule has 0 saturated carbocycles. The highest BCUT2D eigenvalue weighted by atomic mass is 79.9. The van der Waals surface area contributed by atoms with Gasteiger partial charge in [0, 0.05) is 23.0 Å². The minimum atomic E-state index is -4.02. The molecule has 41 heavy (non-hydrogen) atoms. The number of nitrogens with zero attached hydrogens (tertiary/aromatic N) is 2. The van der Waals surface area contributed by atoms with Crippen molar-refractivity contribution in [3.8, 4) is 0 Å². The third-order valence-corrected chi connectivity index (χ3v) is 8.65. The van der Waals surface area contributed by atoms with Gasteiger partial charge < -0.3 is 10.2 Å². The normalized spacial score (nSPS) is 12.5. The molecule has 2 amide bonds. The largest absolute Gasteiger partial charge is 0.350 e. The number of halogens is 4. The number of carbonyl (C=O) groups excluding carboxylic acids is 2. The van der Waals surface area contributed by atoms with Crippen LogP contribution in [0.25, 0.3) is 0 Å². The van der Waals surface area contributed by atoms with Crippen molar-refractivity contribution in [1.82, 2.24) is 10.2 Å². The standard InChI is InChI=1S/C29H31BrCl3N3O4S/c1-29(2,3)34-28(38)26(14-19-8-6-5-7-9-19)35(17-20-10-12-21(30)13-11-20)27(37)18-36(41(4,39)40)25-16-23(32)22(31)15-24(25)33/h5-13,15-16,26H,14,17-18H2,1-4H3,(H,34,38)/t26-/m0/s1. The van der Waals surface area contributed by atoms with Crippen LogP contribution < -0.4 is 9.62 Å². The van der Waals surface area contributed by atoms with Crippen LogP contribution in [0.15, 0.2) is 71.2 Å². The van der Waals surface area contributed by atoms with Crippen LogP contribution in [-0.4, -0.2) is 49.5 Å². The topological polar surface area (TPSA) is 86.8 Å². The molecule has 0 saturated heterocycles. The van der Waals surface area contributed by atoms with E-state index in [0.717, 1.165) is 26.2 Å². The zero-order chi connectivity index (χ0) is 30.5. The van der Waals surface area contributed by atoms with Gasteiger partial charge in [-0.15, -0.1) is 0 Å². The first-order valence-electron chi connectivity index (χ1n) is 12.6. The predicted molar refractivity (Wildman–Crippen MR) is 170 cm³/mol. The number of nitrogens with one attached hydrogen (secondary N) is 1. The second-order valence-corrected chi connectivity index (χ2v) is 14.6. The van der Waals surface area contributed by atoms with Crippen LogP contribution in [0, 0.1) is 0 Å². The van der Waals surface area contributed by atoms with Gasteiger partial charge in [-0.05, 0) is 56.2 Å². The second-order valence-electron chi connectivity index (χ2n) is 10.6. The quantitative estimate of drug-likeness (QED) is 0.238. The van der Waals surface area contributed by atoms with Crippen LogP contribution in [-0.2, 0) is 32.6 Å². The molecule has 0 aromatic heterocycles. The molecule has 0 heterocycles. The fourth-order valence-electron chi connectivity index (χ4n) is 4.09. The zero-order valence-electron chi connectivity index (χ0n) is 23.0. The highest BCUT2D eigenvalue weighted by Gasteiger charge is 2.34. The Hall–Kier alpha value is -2.30. The SMILES string of the molecule is CC(C)(C)NC(=O)[C@H](Cc1ccccc1)N(Cc1ccc(Br)cc1)C(=O)CN(c1cc(Cl)c(Cl)cc1Cl)S(C)(=O)=O. The molecular formula is C29H31BrCl3N3O4S. The highest BCUT2D eigenvalue weighted by Crippen LogP contribution is 2.35. The maximum Gasteiger partial charge on any atom is 0.244 e. The Morgan fingerprint density at radius 3 is 2.05 bits per heavy atom. The Kier molecular flexibility index (Phi) is 11.2. The van der Waals surface area contributed by atoms with Crippen molar-refractivity contribution >= 4 is 78.3 Å². The van der Waals surface area contributed by atoms with Crippen molar-refractivity contribution < 1.29 is 18.0 Å². The summed E-state index contributed by atoms with van der Waals surface area (Å²) in [4.78, 5) is 29.3. The maximum atomic E-state index is 14.1. The van der Waals surface area contributed by atoms with Crippen LogP contribution in [0.3, 0.4) is 0 Å². The molecule has 1 N–H and O–H groups in total. The van der Waals surface area contributed by atoms with Crippen LogP contribution in [0.2, 0.25) is 15.1 Å². The molecule has 12 heteroatoms. The number of hydrogen-bond donors (Lipinski definition) is 1. The van der Waals surface area contributed by atoms with Gasteiger partial charge >= 0.3 is 0 Å². The fraction of sp³-hybridized carbons (Fsp3) is 0.310. The van der Waals surface area contributed by atoms with Crippen molar-refractivity contribution in [2.45, 2.75) is 45.3 Å². The monoisotopic (exact) mass is 701 g/mol. The van der Waals surface area contributed by atoms with Gasteiger partial charge in [-0.25, -0.2) is 8.42 Å². The summed E-state index contributed by atoms with van der Waals surface area (Å²) in [5.74, 6) is -0.976. The molecule has 3 aromatic carbocycles. The van der Waals surface area contributed by atoms with Gasteiger partial charge in [0.15, 0.2) is 0 Å². The third kappa shape index (κ3) is 9.61. The first kappa shape index (κ1) is 33.2. The van der Waals surface area contributed by atoms with Crippen molar-refractivity contribution in [2.24, 2.45) is 0 Å². The van der Waals surface area contributed by atoms with Crippen molar-refractivity contribution in [3.05, 3.63) is 97.4 Å².